The number of rotatable bonds is 17. The first kappa shape index (κ1) is 34.5. The molecule has 0 spiro atoms. The van der Waals surface area contributed by atoms with Crippen LogP contribution in [0.25, 0.3) is 0 Å². The minimum atomic E-state index is -1.92. The van der Waals surface area contributed by atoms with Crippen molar-refractivity contribution in [3.8, 4) is 0 Å². The van der Waals surface area contributed by atoms with Gasteiger partial charge in [0.2, 0.25) is 0 Å². The van der Waals surface area contributed by atoms with Gasteiger partial charge in [0.15, 0.2) is 14.6 Å². The van der Waals surface area contributed by atoms with Crippen molar-refractivity contribution < 1.29 is 28.9 Å². The van der Waals surface area contributed by atoms with E-state index in [9.17, 15) is 9.90 Å². The summed E-state index contributed by atoms with van der Waals surface area (Å²) in [6, 6.07) is 0. The third-order valence-corrected chi connectivity index (χ3v) is 14.0. The van der Waals surface area contributed by atoms with Crippen molar-refractivity contribution in [2.45, 2.75) is 161 Å². The molecule has 0 aromatic carbocycles. The van der Waals surface area contributed by atoms with Crippen LogP contribution in [0.4, 0.5) is 0 Å². The molecule has 0 aromatic heterocycles. The fourth-order valence-corrected chi connectivity index (χ4v) is 7.34. The quantitative estimate of drug-likeness (QED) is 0.105. The zero-order valence-corrected chi connectivity index (χ0v) is 27.1. The van der Waals surface area contributed by atoms with Crippen LogP contribution in [0.1, 0.15) is 118 Å². The van der Waals surface area contributed by atoms with Crippen LogP contribution in [0.5, 0.6) is 0 Å². The summed E-state index contributed by atoms with van der Waals surface area (Å²) in [7, 11) is -1.92. The van der Waals surface area contributed by atoms with Crippen LogP contribution in [-0.2, 0) is 18.7 Å². The molecule has 0 aromatic rings. The van der Waals surface area contributed by atoms with E-state index in [1.807, 2.05) is 0 Å². The molecule has 0 bridgehead atoms. The largest absolute Gasteiger partial charge is 0.481 e. The summed E-state index contributed by atoms with van der Waals surface area (Å²) in [5.41, 5.74) is 0. The Morgan fingerprint density at radius 3 is 2.49 bits per heavy atom. The molecule has 2 fully saturated rings. The van der Waals surface area contributed by atoms with E-state index in [0.29, 0.717) is 18.8 Å². The lowest BCUT2D eigenvalue weighted by Crippen LogP contribution is -2.45. The average molecular weight is 569 g/mol. The van der Waals surface area contributed by atoms with E-state index in [1.54, 1.807) is 0 Å². The van der Waals surface area contributed by atoms with E-state index in [-0.39, 0.29) is 41.8 Å². The molecular weight excluding hydrogens is 508 g/mol. The third kappa shape index (κ3) is 11.6. The Bertz CT molecular complexity index is 727. The highest BCUT2D eigenvalue weighted by Gasteiger charge is 2.45. The monoisotopic (exact) mass is 568 g/mol. The van der Waals surface area contributed by atoms with E-state index < -0.39 is 20.4 Å². The van der Waals surface area contributed by atoms with Gasteiger partial charge >= 0.3 is 5.97 Å². The second-order valence-corrected chi connectivity index (χ2v) is 18.5. The maximum absolute atomic E-state index is 11.2. The molecule has 1 heterocycles. The fraction of sp³-hybridized carbons (Fsp3) is 0.906. The van der Waals surface area contributed by atoms with Gasteiger partial charge < -0.3 is 24.1 Å². The number of aliphatic hydroxyl groups excluding tert-OH is 1. The Kier molecular flexibility index (Phi) is 14.7. The van der Waals surface area contributed by atoms with Crippen molar-refractivity contribution in [3.05, 3.63) is 12.2 Å². The molecule has 6 nitrogen and oxygen atoms in total. The van der Waals surface area contributed by atoms with E-state index in [1.165, 1.54) is 19.3 Å². The number of unbranched alkanes of at least 4 members (excludes halogenated alkanes) is 2. The normalized spacial score (nSPS) is 28.2. The Morgan fingerprint density at radius 2 is 1.87 bits per heavy atom. The molecule has 2 rings (SSSR count). The number of carboxylic acids is 1. The fourth-order valence-electron chi connectivity index (χ4n) is 5.88. The second kappa shape index (κ2) is 16.6. The van der Waals surface area contributed by atoms with Gasteiger partial charge in [-0.1, -0.05) is 59.6 Å². The molecule has 1 saturated carbocycles. The lowest BCUT2D eigenvalue weighted by atomic mass is 9.84. The lowest BCUT2D eigenvalue weighted by Gasteiger charge is -2.41. The second-order valence-electron chi connectivity index (χ2n) is 13.7. The minimum absolute atomic E-state index is 0.00650. The number of aliphatic carboxylic acids is 1. The van der Waals surface area contributed by atoms with Gasteiger partial charge in [-0.05, 0) is 93.7 Å². The van der Waals surface area contributed by atoms with E-state index in [0.717, 1.165) is 51.6 Å². The zero-order chi connectivity index (χ0) is 29.1. The molecule has 1 saturated heterocycles. The van der Waals surface area contributed by atoms with Crippen LogP contribution >= 0.6 is 0 Å². The van der Waals surface area contributed by atoms with E-state index >= 15 is 0 Å². The zero-order valence-electron chi connectivity index (χ0n) is 26.1. The Balaban J connectivity index is 2.15. The third-order valence-electron chi connectivity index (χ3n) is 9.48. The van der Waals surface area contributed by atoms with Gasteiger partial charge in [-0.3, -0.25) is 4.79 Å². The van der Waals surface area contributed by atoms with Crippen molar-refractivity contribution in [2.75, 3.05) is 6.61 Å². The van der Waals surface area contributed by atoms with Crippen molar-refractivity contribution in [2.24, 2.45) is 17.8 Å². The Hall–Kier alpha value is -0.733. The summed E-state index contributed by atoms with van der Waals surface area (Å²) in [6.07, 6.45) is 15.6. The van der Waals surface area contributed by atoms with Crippen molar-refractivity contribution in [1.29, 1.82) is 0 Å². The highest BCUT2D eigenvalue weighted by molar-refractivity contribution is 6.74. The van der Waals surface area contributed by atoms with Crippen LogP contribution in [0.15, 0.2) is 12.2 Å². The molecule has 1 aliphatic carbocycles. The first-order chi connectivity index (χ1) is 18.4. The Morgan fingerprint density at radius 1 is 1.13 bits per heavy atom. The molecule has 2 aliphatic rings. The first-order valence-electron chi connectivity index (χ1n) is 15.9. The molecule has 2 N–H and O–H groups in total. The predicted octanol–water partition coefficient (Wildman–Crippen LogP) is 8.09. The molecule has 228 valence electrons. The van der Waals surface area contributed by atoms with Gasteiger partial charge in [-0.15, -0.1) is 0 Å². The number of hydrogen-bond acceptors (Lipinski definition) is 5. The average Bonchev–Trinajstić information content (AvgIpc) is 3.15. The summed E-state index contributed by atoms with van der Waals surface area (Å²) in [4.78, 5) is 10.8. The molecule has 39 heavy (non-hydrogen) atoms. The van der Waals surface area contributed by atoms with Gasteiger partial charge in [0.1, 0.15) is 0 Å². The van der Waals surface area contributed by atoms with Crippen LogP contribution in [0.3, 0.4) is 0 Å². The molecule has 3 unspecified atom stereocenters. The number of carboxylic acid groups (broad SMARTS) is 1. The van der Waals surface area contributed by atoms with Crippen LogP contribution in [-0.4, -0.2) is 55.7 Å². The maximum atomic E-state index is 11.2. The van der Waals surface area contributed by atoms with Crippen LogP contribution in [0.2, 0.25) is 18.1 Å². The Labute approximate surface area is 240 Å². The summed E-state index contributed by atoms with van der Waals surface area (Å²) in [6.45, 7) is 17.0. The first-order valence-corrected chi connectivity index (χ1v) is 18.8. The molecule has 7 heteroatoms. The highest BCUT2D eigenvalue weighted by Crippen LogP contribution is 2.43. The summed E-state index contributed by atoms with van der Waals surface area (Å²) < 4.78 is 19.5. The smallest absolute Gasteiger partial charge is 0.303 e. The van der Waals surface area contributed by atoms with Crippen LogP contribution < -0.4 is 0 Å². The van der Waals surface area contributed by atoms with Gasteiger partial charge in [0.05, 0.1) is 12.2 Å². The highest BCUT2D eigenvalue weighted by atomic mass is 28.4. The van der Waals surface area contributed by atoms with E-state index in [4.69, 9.17) is 19.0 Å². The molecule has 7 atom stereocenters. The van der Waals surface area contributed by atoms with Crippen molar-refractivity contribution in [1.82, 2.24) is 0 Å². The summed E-state index contributed by atoms with van der Waals surface area (Å²) in [5.74, 6) is 0.133. The number of aliphatic hydroxyl groups is 1. The van der Waals surface area contributed by atoms with Gasteiger partial charge in [0, 0.05) is 25.6 Å². The van der Waals surface area contributed by atoms with Crippen LogP contribution in [0, 0.1) is 17.8 Å². The molecular formula is C32H60O6Si. The molecule has 0 amide bonds. The standard InChI is InChI=1S/C32H60O6Si/c1-8-9-16-24(2)28(38-39(6,7)32(3,4)5)21-20-26-25(17-12-10-11-13-18-30(34)35)27(33)23-29(26)37-31-19-14-15-22-36-31/h10,12,24-29,31,33H,8-9,11,13-23H2,1-7H3,(H,34,35)/b12-10-/t24?,25-,26-,27+,28+,29?,31?/m1/s1. The number of hydrogen-bond donors (Lipinski definition) is 2. The molecule has 0 radical (unpaired) electrons. The lowest BCUT2D eigenvalue weighted by molar-refractivity contribution is -0.196. The topological polar surface area (TPSA) is 85.2 Å². The summed E-state index contributed by atoms with van der Waals surface area (Å²) in [5, 5.41) is 20.2. The van der Waals surface area contributed by atoms with Gasteiger partial charge in [-0.25, -0.2) is 0 Å². The maximum Gasteiger partial charge on any atom is 0.303 e. The van der Waals surface area contributed by atoms with Gasteiger partial charge in [-0.2, -0.15) is 0 Å². The summed E-state index contributed by atoms with van der Waals surface area (Å²) >= 11 is 0. The SMILES string of the molecule is CCCCC(C)[C@H](CC[C@H]1C(OC2CCCCO2)C[C@H](O)[C@@H]1C/C=C\CCCC(=O)O)O[Si](C)(C)C(C)(C)C. The minimum Gasteiger partial charge on any atom is -0.481 e. The van der Waals surface area contributed by atoms with Crippen molar-refractivity contribution in [3.63, 3.8) is 0 Å². The van der Waals surface area contributed by atoms with Crippen molar-refractivity contribution >= 4 is 14.3 Å². The number of carbonyl (C=O) groups is 1. The predicted molar refractivity (Wildman–Crippen MR) is 161 cm³/mol. The number of allylic oxidation sites excluding steroid dienone is 2. The molecule has 1 aliphatic heterocycles. The van der Waals surface area contributed by atoms with Gasteiger partial charge in [0.25, 0.3) is 0 Å². The van der Waals surface area contributed by atoms with E-state index in [2.05, 4.69) is 59.9 Å². The number of ether oxygens (including phenoxy) is 2.